The first-order chi connectivity index (χ1) is 33.8. The summed E-state index contributed by atoms with van der Waals surface area (Å²) in [5.41, 5.74) is 6.76. The maximum atomic E-state index is 10.1. The fraction of sp³-hybridized carbons (Fsp3) is 0.217. The third-order valence-corrected chi connectivity index (χ3v) is 9.85. The van der Waals surface area contributed by atoms with Gasteiger partial charge < -0.3 is 14.2 Å². The number of hydrogen-bond donors (Lipinski definition) is 0. The number of rotatable bonds is 9. The van der Waals surface area contributed by atoms with Crippen molar-refractivity contribution in [1.82, 2.24) is 0 Å². The Hall–Kier alpha value is -8.83. The number of aliphatic imine (C=N–C) groups is 2. The molecule has 10 heteroatoms. The minimum absolute atomic E-state index is 0. The molecule has 0 heterocycles. The van der Waals surface area contributed by atoms with E-state index in [0.717, 1.165) is 58.0 Å². The number of fused-ring (bicyclic) bond motifs is 3. The normalized spacial score (nSPS) is 8.93. The average molecular weight is 934 g/mol. The highest BCUT2D eigenvalue weighted by molar-refractivity contribution is 5.89. The summed E-state index contributed by atoms with van der Waals surface area (Å²) in [5.74, 6) is 1.53. The molecule has 0 aliphatic heterocycles. The summed E-state index contributed by atoms with van der Waals surface area (Å²) >= 11 is 0. The molecule has 0 saturated heterocycles. The Morgan fingerprint density at radius 1 is 0.400 bits per heavy atom. The molecule has 70 heavy (non-hydrogen) atoms. The smallest absolute Gasteiger partial charge is 0.292 e. The van der Waals surface area contributed by atoms with Crippen molar-refractivity contribution in [2.75, 3.05) is 0 Å². The minimum atomic E-state index is 0. The van der Waals surface area contributed by atoms with Gasteiger partial charge in [0.25, 0.3) is 18.8 Å². The van der Waals surface area contributed by atoms with Crippen molar-refractivity contribution < 1.29 is 23.8 Å². The predicted octanol–water partition coefficient (Wildman–Crippen LogP) is 16.3. The summed E-state index contributed by atoms with van der Waals surface area (Å²) in [5, 5.41) is 30.9. The number of nitriles is 3. The molecule has 0 N–H and O–H groups in total. The molecular formula is C60H63N5O5. The van der Waals surface area contributed by atoms with Gasteiger partial charge in [-0.1, -0.05) is 172 Å². The maximum Gasteiger partial charge on any atom is 0.292 e. The summed E-state index contributed by atoms with van der Waals surface area (Å²) < 4.78 is 14.2. The lowest BCUT2D eigenvalue weighted by Crippen LogP contribution is -1.82. The van der Waals surface area contributed by atoms with E-state index in [4.69, 9.17) is 30.0 Å². The second-order valence-electron chi connectivity index (χ2n) is 13.9. The Labute approximate surface area is 414 Å². The highest BCUT2D eigenvalue weighted by atomic mass is 16.5. The van der Waals surface area contributed by atoms with Gasteiger partial charge in [0.2, 0.25) is 12.2 Å². The first-order valence-corrected chi connectivity index (χ1v) is 22.9. The van der Waals surface area contributed by atoms with Crippen LogP contribution in [0.5, 0.6) is 17.2 Å². The molecule has 0 fully saturated rings. The molecule has 0 spiro atoms. The Balaban J connectivity index is 0.000000433. The van der Waals surface area contributed by atoms with Gasteiger partial charge in [0.1, 0.15) is 17.2 Å². The van der Waals surface area contributed by atoms with E-state index in [0.29, 0.717) is 28.6 Å². The second kappa shape index (κ2) is 35.4. The predicted molar refractivity (Wildman–Crippen MR) is 286 cm³/mol. The molecule has 8 aromatic rings. The molecule has 0 bridgehead atoms. The van der Waals surface area contributed by atoms with Gasteiger partial charge in [0.15, 0.2) is 0 Å². The van der Waals surface area contributed by atoms with Crippen LogP contribution in [0.15, 0.2) is 174 Å². The van der Waals surface area contributed by atoms with Gasteiger partial charge in [-0.15, -0.1) is 15.8 Å². The van der Waals surface area contributed by atoms with E-state index >= 15 is 0 Å². The molecule has 0 atom stereocenters. The quantitative estimate of drug-likeness (QED) is 0.0786. The van der Waals surface area contributed by atoms with Gasteiger partial charge in [0, 0.05) is 5.39 Å². The molecule has 0 aromatic heterocycles. The maximum absolute atomic E-state index is 10.1. The van der Waals surface area contributed by atoms with Crippen LogP contribution in [-0.2, 0) is 35.3 Å². The largest absolute Gasteiger partial charge is 0.388 e. The van der Waals surface area contributed by atoms with E-state index in [1.807, 2.05) is 88.4 Å². The molecule has 10 nitrogen and oxygen atoms in total. The number of ether oxygens (including phenoxy) is 3. The first-order valence-electron chi connectivity index (χ1n) is 22.9. The van der Waals surface area contributed by atoms with E-state index in [9.17, 15) is 9.59 Å². The van der Waals surface area contributed by atoms with Crippen molar-refractivity contribution in [2.24, 2.45) is 9.98 Å². The molecule has 358 valence electrons. The van der Waals surface area contributed by atoms with Gasteiger partial charge in [0.05, 0.1) is 11.4 Å². The number of nitrogens with zero attached hydrogens (tertiary/aromatic N) is 5. The summed E-state index contributed by atoms with van der Waals surface area (Å²) in [6.07, 6.45) is 12.4. The fourth-order valence-electron chi connectivity index (χ4n) is 6.26. The minimum Gasteiger partial charge on any atom is -0.388 e. The van der Waals surface area contributed by atoms with E-state index in [-0.39, 0.29) is 7.43 Å². The lowest BCUT2D eigenvalue weighted by Gasteiger charge is -2.00. The monoisotopic (exact) mass is 933 g/mol. The van der Waals surface area contributed by atoms with Crippen molar-refractivity contribution in [3.8, 4) is 36.0 Å². The summed E-state index contributed by atoms with van der Waals surface area (Å²) in [7, 11) is 0. The van der Waals surface area contributed by atoms with E-state index in [2.05, 4.69) is 86.2 Å². The van der Waals surface area contributed by atoms with Crippen LogP contribution in [0, 0.1) is 34.6 Å². The highest BCUT2D eigenvalue weighted by Crippen LogP contribution is 2.27. The van der Waals surface area contributed by atoms with Gasteiger partial charge in [-0.2, -0.15) is 9.98 Å². The van der Waals surface area contributed by atoms with Crippen LogP contribution in [0.3, 0.4) is 0 Å². The zero-order valence-corrected chi connectivity index (χ0v) is 40.7. The topological polar surface area (TPSA) is 158 Å². The van der Waals surface area contributed by atoms with Crippen LogP contribution in [0.2, 0.25) is 0 Å². The summed E-state index contributed by atoms with van der Waals surface area (Å²) in [4.78, 5) is 27.3. The fourth-order valence-corrected chi connectivity index (χ4v) is 6.26. The zero-order valence-electron chi connectivity index (χ0n) is 40.7. The van der Waals surface area contributed by atoms with Crippen LogP contribution >= 0.6 is 0 Å². The molecule has 8 rings (SSSR count). The van der Waals surface area contributed by atoms with Crippen LogP contribution < -0.4 is 14.2 Å². The van der Waals surface area contributed by atoms with Gasteiger partial charge >= 0.3 is 0 Å². The van der Waals surface area contributed by atoms with Crippen molar-refractivity contribution >= 4 is 55.9 Å². The third-order valence-electron chi connectivity index (χ3n) is 9.85. The Morgan fingerprint density at radius 3 is 1.11 bits per heavy atom. The van der Waals surface area contributed by atoms with Crippen molar-refractivity contribution in [2.45, 2.75) is 88.5 Å². The average Bonchev–Trinajstić information content (AvgIpc) is 3.41. The number of carbonyl (C=O) groups excluding carboxylic acids is 2. The van der Waals surface area contributed by atoms with E-state index in [1.165, 1.54) is 34.4 Å². The Morgan fingerprint density at radius 2 is 0.757 bits per heavy atom. The molecule has 0 aliphatic carbocycles. The second-order valence-corrected chi connectivity index (χ2v) is 13.9. The van der Waals surface area contributed by atoms with Crippen LogP contribution in [0.25, 0.3) is 32.3 Å². The Kier molecular flexibility index (Phi) is 29.9. The lowest BCUT2D eigenvalue weighted by atomic mass is 10.1. The zero-order chi connectivity index (χ0) is 50.7. The van der Waals surface area contributed by atoms with Crippen LogP contribution in [-0.4, -0.2) is 12.2 Å². The number of aryl methyl sites for hydroxylation is 4. The molecule has 0 unspecified atom stereocenters. The van der Waals surface area contributed by atoms with Gasteiger partial charge in [-0.25, -0.2) is 9.59 Å². The number of hydrogen-bond acceptors (Lipinski definition) is 10. The highest BCUT2D eigenvalue weighted by Gasteiger charge is 2.02. The van der Waals surface area contributed by atoms with Crippen molar-refractivity contribution in [3.05, 3.63) is 186 Å². The van der Waals surface area contributed by atoms with E-state index in [1.54, 1.807) is 73.4 Å². The Bertz CT molecular complexity index is 2800. The number of isocyanates is 2. The van der Waals surface area contributed by atoms with Gasteiger partial charge in [-0.3, -0.25) is 0 Å². The summed E-state index contributed by atoms with van der Waals surface area (Å²) in [6, 6.07) is 52.1. The van der Waals surface area contributed by atoms with Crippen LogP contribution in [0.1, 0.15) is 85.1 Å². The van der Waals surface area contributed by atoms with Crippen molar-refractivity contribution in [1.29, 1.82) is 15.8 Å². The molecule has 8 aromatic carbocycles. The molecule has 0 saturated carbocycles. The standard InChI is InChI=1S/2C12H6N2O2.C11H7NO.2C10H14.2C2H6.CH4/c2*13-7-16-12-4-2-9-1-3-11(14-8-15)5-10(9)6-12;12-8-13-11-7-3-5-9-4-1-2-6-10(9)11;2*1-3-9-5-7-10(4-2)8-6-9;2*1-2;/h2*1-6H;1-7H;2*5-8H,3-4H2,1-2H3;2*1-2H3;1H4. The number of benzene rings is 8. The van der Waals surface area contributed by atoms with Gasteiger partial charge in [-0.05, 0) is 129 Å². The van der Waals surface area contributed by atoms with E-state index < -0.39 is 0 Å². The molecular weight excluding hydrogens is 871 g/mol. The third kappa shape index (κ3) is 20.4. The molecule has 0 radical (unpaired) electrons. The summed E-state index contributed by atoms with van der Waals surface area (Å²) in [6.45, 7) is 16.7. The SMILES string of the molecule is C.CC.CC.CCc1ccc(CC)cc1.CCc1ccc(CC)cc1.N#COc1ccc2ccc(N=C=O)cc2c1.N#COc1ccc2ccc(N=C=O)cc2c1.N#COc1cccc2ccccc12. The molecule has 0 amide bonds. The van der Waals surface area contributed by atoms with Crippen LogP contribution in [0.4, 0.5) is 11.4 Å². The molecule has 0 aliphatic rings. The lowest BCUT2D eigenvalue weighted by molar-refractivity contribution is 0.508. The van der Waals surface area contributed by atoms with Crippen molar-refractivity contribution in [3.63, 3.8) is 0 Å². The first kappa shape index (κ1) is 59.2.